The lowest BCUT2D eigenvalue weighted by Gasteiger charge is -2.22. The number of primary amides is 1. The molecule has 44 heavy (non-hydrogen) atoms. The molecule has 8 N–H and O–H groups in total. The van der Waals surface area contributed by atoms with Gasteiger partial charge in [0.25, 0.3) is 0 Å². The van der Waals surface area contributed by atoms with E-state index in [1.54, 1.807) is 42.5 Å². The Labute approximate surface area is 261 Å². The molecule has 4 atom stereocenters. The van der Waals surface area contributed by atoms with Crippen LogP contribution in [0.5, 0.6) is 11.5 Å². The Kier molecular flexibility index (Phi) is 15.0. The van der Waals surface area contributed by atoms with Crippen LogP contribution in [0.2, 0.25) is 0 Å². The largest absolute Gasteiger partial charge is 0.493 e. The first-order valence-electron chi connectivity index (χ1n) is 14.0. The van der Waals surface area contributed by atoms with Gasteiger partial charge in [0.2, 0.25) is 29.5 Å². The second-order valence-electron chi connectivity index (χ2n) is 10.0. The van der Waals surface area contributed by atoms with Gasteiger partial charge in [0.1, 0.15) is 18.1 Å². The third kappa shape index (κ3) is 11.8. The van der Waals surface area contributed by atoms with E-state index in [0.29, 0.717) is 23.7 Å². The minimum absolute atomic E-state index is 0.144. The van der Waals surface area contributed by atoms with Gasteiger partial charge in [-0.15, -0.1) is 0 Å². The Bertz CT molecular complexity index is 1280. The van der Waals surface area contributed by atoms with E-state index in [4.69, 9.17) is 20.9 Å². The highest BCUT2D eigenvalue weighted by Gasteiger charge is 2.27. The first-order valence-corrected chi connectivity index (χ1v) is 15.3. The smallest absolute Gasteiger partial charge is 0.243 e. The zero-order valence-electron chi connectivity index (χ0n) is 25.4. The highest BCUT2D eigenvalue weighted by atomic mass is 32.2. The Balaban J connectivity index is 1.94. The maximum Gasteiger partial charge on any atom is 0.243 e. The molecule has 2 aromatic carbocycles. The molecular weight excluding hydrogens is 588 g/mol. The predicted molar refractivity (Wildman–Crippen MR) is 168 cm³/mol. The Morgan fingerprint density at radius 2 is 1.50 bits per heavy atom. The van der Waals surface area contributed by atoms with Crippen LogP contribution in [0.3, 0.4) is 0 Å². The number of benzene rings is 2. The van der Waals surface area contributed by atoms with E-state index in [1.165, 1.54) is 32.9 Å². The Hall–Kier alpha value is -4.30. The zero-order valence-corrected chi connectivity index (χ0v) is 26.2. The summed E-state index contributed by atoms with van der Waals surface area (Å²) in [6, 6.07) is 10.3. The van der Waals surface area contributed by atoms with Gasteiger partial charge in [-0.3, -0.25) is 24.0 Å². The van der Waals surface area contributed by atoms with E-state index in [9.17, 15) is 24.0 Å². The summed E-state index contributed by atoms with van der Waals surface area (Å²) in [6.07, 6.45) is 2.53. The fourth-order valence-electron chi connectivity index (χ4n) is 4.16. The molecule has 13 nitrogen and oxygen atoms in total. The molecule has 0 saturated heterocycles. The molecule has 0 bridgehead atoms. The van der Waals surface area contributed by atoms with Crippen molar-refractivity contribution in [1.29, 1.82) is 0 Å². The first kappa shape index (κ1) is 35.9. The van der Waals surface area contributed by atoms with Gasteiger partial charge in [-0.2, -0.15) is 11.8 Å². The van der Waals surface area contributed by atoms with Gasteiger partial charge in [0, 0.05) is 6.42 Å². The molecule has 2 rings (SSSR count). The van der Waals surface area contributed by atoms with Crippen LogP contribution in [0.15, 0.2) is 48.5 Å². The molecule has 0 aliphatic carbocycles. The fraction of sp³-hybridized carbons (Fsp3) is 0.433. The average Bonchev–Trinajstić information content (AvgIpc) is 3.01. The molecule has 3 unspecified atom stereocenters. The Morgan fingerprint density at radius 3 is 2.11 bits per heavy atom. The van der Waals surface area contributed by atoms with Crippen LogP contribution in [-0.2, 0) is 36.8 Å². The van der Waals surface area contributed by atoms with E-state index in [1.807, 2.05) is 12.3 Å². The van der Waals surface area contributed by atoms with Crippen LogP contribution in [0.4, 0.5) is 0 Å². The number of methoxy groups -OCH3 is 2. The molecule has 0 aromatic heterocycles. The fourth-order valence-corrected chi connectivity index (χ4v) is 4.63. The van der Waals surface area contributed by atoms with E-state index < -0.39 is 60.2 Å². The van der Waals surface area contributed by atoms with Gasteiger partial charge < -0.3 is 42.2 Å². The SMILES string of the molecule is COc1ccc(CC(N)C(=O)N[C@H](C)C(=O)NCC(=O)NC(Cc2ccccc2)C(=O)NC(CCSC)C(N)=O)cc1OC. The van der Waals surface area contributed by atoms with Crippen molar-refractivity contribution < 1.29 is 33.4 Å². The number of hydrogen-bond donors (Lipinski definition) is 6. The van der Waals surface area contributed by atoms with Crippen molar-refractivity contribution in [1.82, 2.24) is 21.3 Å². The molecule has 0 saturated carbocycles. The quantitative estimate of drug-likeness (QED) is 0.127. The van der Waals surface area contributed by atoms with Gasteiger partial charge in [0.05, 0.1) is 26.8 Å². The predicted octanol–water partition coefficient (Wildman–Crippen LogP) is -0.355. The highest BCUT2D eigenvalue weighted by molar-refractivity contribution is 7.98. The van der Waals surface area contributed by atoms with Crippen molar-refractivity contribution in [3.8, 4) is 11.5 Å². The number of carbonyl (C=O) groups is 5. The van der Waals surface area contributed by atoms with Crippen LogP contribution >= 0.6 is 11.8 Å². The summed E-state index contributed by atoms with van der Waals surface area (Å²) in [5, 5.41) is 10.2. The van der Waals surface area contributed by atoms with Gasteiger partial charge in [-0.25, -0.2) is 0 Å². The van der Waals surface area contributed by atoms with Gasteiger partial charge in [0.15, 0.2) is 11.5 Å². The lowest BCUT2D eigenvalue weighted by molar-refractivity contribution is -0.132. The average molecular weight is 631 g/mol. The van der Waals surface area contributed by atoms with E-state index in [0.717, 1.165) is 11.1 Å². The summed E-state index contributed by atoms with van der Waals surface area (Å²) >= 11 is 1.50. The molecule has 0 radical (unpaired) electrons. The summed E-state index contributed by atoms with van der Waals surface area (Å²) in [5.74, 6) is -1.44. The van der Waals surface area contributed by atoms with Crippen molar-refractivity contribution in [2.45, 2.75) is 50.4 Å². The van der Waals surface area contributed by atoms with Crippen LogP contribution in [-0.4, -0.2) is 86.5 Å². The van der Waals surface area contributed by atoms with E-state index in [-0.39, 0.29) is 12.8 Å². The maximum atomic E-state index is 13.1. The van der Waals surface area contributed by atoms with Crippen molar-refractivity contribution >= 4 is 41.3 Å². The topological polar surface area (TPSA) is 204 Å². The summed E-state index contributed by atoms with van der Waals surface area (Å²) < 4.78 is 10.5. The number of amides is 5. The number of nitrogens with two attached hydrogens (primary N) is 2. The summed E-state index contributed by atoms with van der Waals surface area (Å²) in [5.41, 5.74) is 13.0. The third-order valence-electron chi connectivity index (χ3n) is 6.62. The molecule has 0 fully saturated rings. The number of rotatable bonds is 18. The molecule has 0 aliphatic heterocycles. The number of thioether (sulfide) groups is 1. The molecular formula is C30H42N6O7S. The van der Waals surface area contributed by atoms with E-state index in [2.05, 4.69) is 21.3 Å². The molecule has 5 amide bonds. The molecule has 2 aromatic rings. The van der Waals surface area contributed by atoms with Gasteiger partial charge in [-0.05, 0) is 55.0 Å². The second-order valence-corrected chi connectivity index (χ2v) is 11.0. The third-order valence-corrected chi connectivity index (χ3v) is 7.26. The molecule has 0 spiro atoms. The van der Waals surface area contributed by atoms with Crippen molar-refractivity contribution in [2.75, 3.05) is 32.8 Å². The minimum atomic E-state index is -1.04. The highest BCUT2D eigenvalue weighted by Crippen LogP contribution is 2.27. The molecule has 0 heterocycles. The monoisotopic (exact) mass is 630 g/mol. The number of hydrogen-bond acceptors (Lipinski definition) is 9. The van der Waals surface area contributed by atoms with Crippen molar-refractivity contribution in [3.63, 3.8) is 0 Å². The second kappa shape index (κ2) is 18.4. The minimum Gasteiger partial charge on any atom is -0.493 e. The van der Waals surface area contributed by atoms with Crippen molar-refractivity contribution in [3.05, 3.63) is 59.7 Å². The lowest BCUT2D eigenvalue weighted by Crippen LogP contribution is -2.56. The molecule has 240 valence electrons. The van der Waals surface area contributed by atoms with Gasteiger partial charge in [-0.1, -0.05) is 36.4 Å². The first-order chi connectivity index (χ1) is 21.0. The lowest BCUT2D eigenvalue weighted by atomic mass is 10.0. The van der Waals surface area contributed by atoms with Crippen LogP contribution < -0.4 is 42.2 Å². The molecule has 14 heteroatoms. The van der Waals surface area contributed by atoms with Crippen molar-refractivity contribution in [2.24, 2.45) is 11.5 Å². The van der Waals surface area contributed by atoms with E-state index >= 15 is 0 Å². The Morgan fingerprint density at radius 1 is 0.818 bits per heavy atom. The summed E-state index contributed by atoms with van der Waals surface area (Å²) in [7, 11) is 3.02. The maximum absolute atomic E-state index is 13.1. The zero-order chi connectivity index (χ0) is 32.6. The number of nitrogens with one attached hydrogen (secondary N) is 4. The number of ether oxygens (including phenoxy) is 2. The number of carbonyl (C=O) groups excluding carboxylic acids is 5. The van der Waals surface area contributed by atoms with Crippen LogP contribution in [0.25, 0.3) is 0 Å². The van der Waals surface area contributed by atoms with Crippen LogP contribution in [0.1, 0.15) is 24.5 Å². The van der Waals surface area contributed by atoms with Crippen LogP contribution in [0, 0.1) is 0 Å². The summed E-state index contributed by atoms with van der Waals surface area (Å²) in [6.45, 7) is 1.000. The molecule has 0 aliphatic rings. The standard InChI is InChI=1S/C30H42N6O7S/c1-18(34-29(40)21(31)14-20-10-11-24(42-2)25(16-20)43-3)28(39)33-17-26(37)35-23(15-19-8-6-5-7-9-19)30(41)36-22(27(32)38)12-13-44-4/h5-11,16,18,21-23H,12-15,17,31H2,1-4H3,(H2,32,38)(H,33,39)(H,34,40)(H,35,37)(H,36,41)/t18-,21?,22?,23?/m1/s1. The summed E-state index contributed by atoms with van der Waals surface area (Å²) in [4.78, 5) is 63.0. The normalized spacial score (nSPS) is 13.4. The van der Waals surface area contributed by atoms with Gasteiger partial charge >= 0.3 is 0 Å².